The number of benzene rings is 2. The molecule has 2 amide bonds. The van der Waals surface area contributed by atoms with Crippen LogP contribution in [0, 0.1) is 0 Å². The summed E-state index contributed by atoms with van der Waals surface area (Å²) in [6, 6.07) is 12.4. The number of nitrogens with zero attached hydrogens (tertiary/aromatic N) is 1. The van der Waals surface area contributed by atoms with E-state index >= 15 is 0 Å². The molecule has 0 saturated carbocycles. The van der Waals surface area contributed by atoms with E-state index in [1.165, 1.54) is 6.21 Å². The molecule has 8 heteroatoms. The van der Waals surface area contributed by atoms with Crippen LogP contribution in [0.5, 0.6) is 5.75 Å². The smallest absolute Gasteiger partial charge is 0.329 e. The third-order valence-electron chi connectivity index (χ3n) is 3.87. The number of nitrogens with one attached hydrogen (secondary N) is 2. The van der Waals surface area contributed by atoms with Gasteiger partial charge in [-0.3, -0.25) is 9.59 Å². The molecule has 0 radical (unpaired) electrons. The molecular weight excluding hydrogens is 401 g/mol. The number of ether oxygens (including phenoxy) is 1. The average molecular weight is 422 g/mol. The summed E-state index contributed by atoms with van der Waals surface area (Å²) in [5.41, 5.74) is 3.66. The van der Waals surface area contributed by atoms with Gasteiger partial charge in [-0.25, -0.2) is 5.43 Å². The Bertz CT molecular complexity index is 872. The Morgan fingerprint density at radius 2 is 1.89 bits per heavy atom. The van der Waals surface area contributed by atoms with Crippen LogP contribution < -0.4 is 15.5 Å². The van der Waals surface area contributed by atoms with Crippen LogP contribution in [0.15, 0.2) is 47.6 Å². The highest BCUT2D eigenvalue weighted by Gasteiger charge is 2.14. The summed E-state index contributed by atoms with van der Waals surface area (Å²) >= 11 is 12.3. The van der Waals surface area contributed by atoms with Crippen molar-refractivity contribution in [1.82, 2.24) is 10.7 Å². The normalized spacial score (nSPS) is 11.9. The lowest BCUT2D eigenvalue weighted by atomic mass is 10.2. The molecule has 1 atom stereocenters. The van der Waals surface area contributed by atoms with Gasteiger partial charge < -0.3 is 10.1 Å². The molecule has 0 aliphatic rings. The van der Waals surface area contributed by atoms with Crippen molar-refractivity contribution in [1.29, 1.82) is 0 Å². The van der Waals surface area contributed by atoms with E-state index in [1.807, 2.05) is 32.0 Å². The molecule has 2 aromatic rings. The largest absolute Gasteiger partial charge is 0.487 e. The Morgan fingerprint density at radius 1 is 1.14 bits per heavy atom. The predicted molar refractivity (Wildman–Crippen MR) is 111 cm³/mol. The monoisotopic (exact) mass is 421 g/mol. The fourth-order valence-electron chi connectivity index (χ4n) is 2.09. The Kier molecular flexibility index (Phi) is 8.29. The lowest BCUT2D eigenvalue weighted by molar-refractivity contribution is -0.139. The van der Waals surface area contributed by atoms with E-state index in [1.54, 1.807) is 24.3 Å². The van der Waals surface area contributed by atoms with E-state index in [-0.39, 0.29) is 12.6 Å². The zero-order valence-electron chi connectivity index (χ0n) is 15.5. The molecule has 0 saturated heterocycles. The third-order valence-corrected chi connectivity index (χ3v) is 4.54. The first-order chi connectivity index (χ1) is 13.4. The molecule has 0 heterocycles. The molecule has 0 spiro atoms. The van der Waals surface area contributed by atoms with Gasteiger partial charge in [0.25, 0.3) is 0 Å². The number of amides is 2. The maximum Gasteiger partial charge on any atom is 0.329 e. The first kappa shape index (κ1) is 21.7. The second-order valence-corrected chi connectivity index (χ2v) is 6.87. The molecule has 6 nitrogen and oxygen atoms in total. The summed E-state index contributed by atoms with van der Waals surface area (Å²) in [5.74, 6) is -1.06. The number of hydrogen-bond donors (Lipinski definition) is 2. The van der Waals surface area contributed by atoms with E-state index < -0.39 is 11.8 Å². The van der Waals surface area contributed by atoms with Crippen LogP contribution in [0.4, 0.5) is 0 Å². The summed E-state index contributed by atoms with van der Waals surface area (Å²) in [6.07, 6.45) is 2.11. The van der Waals surface area contributed by atoms with Crippen molar-refractivity contribution in [2.75, 3.05) is 0 Å². The molecular formula is C20H21Cl2N3O3. The second-order valence-electron chi connectivity index (χ2n) is 6.05. The maximum absolute atomic E-state index is 11.7. The molecule has 0 aromatic heterocycles. The summed E-state index contributed by atoms with van der Waals surface area (Å²) in [6.45, 7) is 4.01. The van der Waals surface area contributed by atoms with E-state index in [0.717, 1.165) is 12.0 Å². The minimum Gasteiger partial charge on any atom is -0.487 e. The number of hydrazone groups is 1. The number of carbonyl (C=O) groups is 2. The summed E-state index contributed by atoms with van der Waals surface area (Å²) in [4.78, 5) is 23.3. The van der Waals surface area contributed by atoms with Crippen LogP contribution in [0.3, 0.4) is 0 Å². The molecule has 2 N–H and O–H groups in total. The Balaban J connectivity index is 1.91. The third kappa shape index (κ3) is 6.55. The molecule has 2 rings (SSSR count). The van der Waals surface area contributed by atoms with E-state index in [4.69, 9.17) is 27.9 Å². The molecule has 148 valence electrons. The van der Waals surface area contributed by atoms with Gasteiger partial charge in [-0.05, 0) is 43.2 Å². The van der Waals surface area contributed by atoms with E-state index in [9.17, 15) is 9.59 Å². The van der Waals surface area contributed by atoms with E-state index in [0.29, 0.717) is 21.4 Å². The summed E-state index contributed by atoms with van der Waals surface area (Å²) in [5, 5.41) is 7.33. The van der Waals surface area contributed by atoms with Gasteiger partial charge in [0.05, 0.1) is 11.2 Å². The maximum atomic E-state index is 11.7. The molecule has 0 aliphatic carbocycles. The topological polar surface area (TPSA) is 79.8 Å². The second kappa shape index (κ2) is 10.7. The highest BCUT2D eigenvalue weighted by molar-refractivity contribution is 6.35. The van der Waals surface area contributed by atoms with Crippen molar-refractivity contribution in [3.05, 3.63) is 63.6 Å². The van der Waals surface area contributed by atoms with Crippen molar-refractivity contribution < 1.29 is 14.3 Å². The van der Waals surface area contributed by atoms with Crippen molar-refractivity contribution in [3.63, 3.8) is 0 Å². The quantitative estimate of drug-likeness (QED) is 0.403. The first-order valence-corrected chi connectivity index (χ1v) is 9.46. The van der Waals surface area contributed by atoms with Gasteiger partial charge in [0.1, 0.15) is 12.4 Å². The molecule has 28 heavy (non-hydrogen) atoms. The highest BCUT2D eigenvalue weighted by atomic mass is 35.5. The van der Waals surface area contributed by atoms with Crippen LogP contribution in [-0.4, -0.2) is 24.1 Å². The van der Waals surface area contributed by atoms with E-state index in [2.05, 4.69) is 15.8 Å². The predicted octanol–water partition coefficient (Wildman–Crippen LogP) is 3.94. The van der Waals surface area contributed by atoms with Gasteiger partial charge in [-0.1, -0.05) is 48.3 Å². The van der Waals surface area contributed by atoms with Crippen molar-refractivity contribution in [2.24, 2.45) is 5.10 Å². The fraction of sp³-hybridized carbons (Fsp3) is 0.250. The average Bonchev–Trinajstić information content (AvgIpc) is 2.68. The zero-order valence-corrected chi connectivity index (χ0v) is 17.1. The molecule has 2 aromatic carbocycles. The SMILES string of the molecule is CC[C@@H](C)NC(=O)C(=O)N/N=C\c1ccc(OCc2ccccc2Cl)c(Cl)c1. The van der Waals surface area contributed by atoms with Crippen LogP contribution in [-0.2, 0) is 16.2 Å². The fourth-order valence-corrected chi connectivity index (χ4v) is 2.53. The van der Waals surface area contributed by atoms with Crippen LogP contribution in [0.1, 0.15) is 31.4 Å². The van der Waals surface area contributed by atoms with Gasteiger partial charge in [0, 0.05) is 16.6 Å². The number of halogens is 2. The standard InChI is InChI=1S/C20H21Cl2N3O3/c1-3-13(2)24-19(26)20(27)25-23-11-14-8-9-18(17(22)10-14)28-12-15-6-4-5-7-16(15)21/h4-11,13H,3,12H2,1-2H3,(H,24,26)(H,25,27)/b23-11-/t13-/m1/s1. The molecule has 0 aliphatic heterocycles. The lowest BCUT2D eigenvalue weighted by Crippen LogP contribution is -2.41. The highest BCUT2D eigenvalue weighted by Crippen LogP contribution is 2.26. The van der Waals surface area contributed by atoms with Crippen molar-refractivity contribution in [2.45, 2.75) is 32.9 Å². The summed E-state index contributed by atoms with van der Waals surface area (Å²) in [7, 11) is 0. The van der Waals surface area contributed by atoms with Crippen LogP contribution in [0.25, 0.3) is 0 Å². The first-order valence-electron chi connectivity index (χ1n) is 8.70. The van der Waals surface area contributed by atoms with Crippen molar-refractivity contribution >= 4 is 41.2 Å². The van der Waals surface area contributed by atoms with Crippen molar-refractivity contribution in [3.8, 4) is 5.75 Å². The van der Waals surface area contributed by atoms with Gasteiger partial charge in [0.15, 0.2) is 0 Å². The number of hydrogen-bond acceptors (Lipinski definition) is 4. The number of rotatable bonds is 7. The zero-order chi connectivity index (χ0) is 20.5. The van der Waals surface area contributed by atoms with Crippen LogP contribution >= 0.6 is 23.2 Å². The Morgan fingerprint density at radius 3 is 2.57 bits per heavy atom. The Labute approximate surface area is 173 Å². The van der Waals surface area contributed by atoms with Gasteiger partial charge in [-0.15, -0.1) is 0 Å². The van der Waals surface area contributed by atoms with Gasteiger partial charge >= 0.3 is 11.8 Å². The lowest BCUT2D eigenvalue weighted by Gasteiger charge is -2.10. The molecule has 0 unspecified atom stereocenters. The minimum absolute atomic E-state index is 0.0839. The molecule has 0 fully saturated rings. The minimum atomic E-state index is -0.831. The van der Waals surface area contributed by atoms with Gasteiger partial charge in [0.2, 0.25) is 0 Å². The van der Waals surface area contributed by atoms with Crippen LogP contribution in [0.2, 0.25) is 10.0 Å². The summed E-state index contributed by atoms with van der Waals surface area (Å²) < 4.78 is 5.70. The van der Waals surface area contributed by atoms with Gasteiger partial charge in [-0.2, -0.15) is 5.10 Å². The molecule has 0 bridgehead atoms. The Hall–Kier alpha value is -2.57. The number of carbonyl (C=O) groups excluding carboxylic acids is 2.